The number of halogens is 1. The molecule has 0 saturated heterocycles. The molecular formula is C23H20ClN5O2S. The number of benzene rings is 2. The van der Waals surface area contributed by atoms with E-state index in [2.05, 4.69) is 17.3 Å². The lowest BCUT2D eigenvalue weighted by atomic mass is 10.1. The Morgan fingerprint density at radius 2 is 1.94 bits per heavy atom. The highest BCUT2D eigenvalue weighted by molar-refractivity contribution is 7.99. The molecule has 0 bridgehead atoms. The molecule has 0 aliphatic carbocycles. The van der Waals surface area contributed by atoms with Crippen molar-refractivity contribution in [3.63, 3.8) is 0 Å². The molecule has 0 fully saturated rings. The molecule has 9 heteroatoms. The number of thioether (sulfide) groups is 1. The summed E-state index contributed by atoms with van der Waals surface area (Å²) in [6.45, 7) is 2.09. The van der Waals surface area contributed by atoms with Gasteiger partial charge in [-0.25, -0.2) is 9.67 Å². The molecule has 32 heavy (non-hydrogen) atoms. The number of aromatic nitrogens is 4. The summed E-state index contributed by atoms with van der Waals surface area (Å²) < 4.78 is 3.26. The van der Waals surface area contributed by atoms with Crippen LogP contribution in [-0.2, 0) is 11.2 Å². The molecule has 1 unspecified atom stereocenters. The van der Waals surface area contributed by atoms with Gasteiger partial charge in [0.15, 0.2) is 10.8 Å². The van der Waals surface area contributed by atoms with Crippen LogP contribution in [0.2, 0.25) is 5.02 Å². The molecular weight excluding hydrogens is 446 g/mol. The summed E-state index contributed by atoms with van der Waals surface area (Å²) in [5.41, 5.74) is 3.06. The molecule has 1 aliphatic rings. The molecule has 2 aromatic heterocycles. The SMILES string of the molecule is CCc1ccc(NC(=O)CC2CSc3nc4c(cnn4-c4ccc(Cl)cc4)c(=O)n32)cc1. The molecule has 2 aromatic carbocycles. The molecule has 5 rings (SSSR count). The molecule has 162 valence electrons. The number of nitrogens with zero attached hydrogens (tertiary/aromatic N) is 4. The van der Waals surface area contributed by atoms with Gasteiger partial charge < -0.3 is 5.32 Å². The van der Waals surface area contributed by atoms with Crippen molar-refractivity contribution in [2.75, 3.05) is 11.1 Å². The molecule has 0 saturated carbocycles. The van der Waals surface area contributed by atoms with Gasteiger partial charge in [0.2, 0.25) is 5.91 Å². The molecule has 0 spiro atoms. The van der Waals surface area contributed by atoms with E-state index < -0.39 is 0 Å². The fourth-order valence-corrected chi connectivity index (χ4v) is 5.06. The minimum atomic E-state index is -0.256. The van der Waals surface area contributed by atoms with Crippen LogP contribution in [0.25, 0.3) is 16.7 Å². The second-order valence-electron chi connectivity index (χ2n) is 7.61. The van der Waals surface area contributed by atoms with Crippen molar-refractivity contribution in [3.8, 4) is 5.69 Å². The topological polar surface area (TPSA) is 81.8 Å². The monoisotopic (exact) mass is 465 g/mol. The Morgan fingerprint density at radius 1 is 1.19 bits per heavy atom. The van der Waals surface area contributed by atoms with Crippen LogP contribution >= 0.6 is 23.4 Å². The van der Waals surface area contributed by atoms with E-state index in [-0.39, 0.29) is 23.9 Å². The second kappa shape index (κ2) is 8.44. The maximum absolute atomic E-state index is 13.2. The predicted molar refractivity (Wildman–Crippen MR) is 127 cm³/mol. The zero-order valence-electron chi connectivity index (χ0n) is 17.3. The number of nitrogens with one attached hydrogen (secondary N) is 1. The minimum absolute atomic E-state index is 0.128. The molecule has 0 radical (unpaired) electrons. The van der Waals surface area contributed by atoms with Crippen molar-refractivity contribution in [3.05, 3.63) is 75.7 Å². The Balaban J connectivity index is 1.41. The minimum Gasteiger partial charge on any atom is -0.326 e. The zero-order valence-corrected chi connectivity index (χ0v) is 18.9. The summed E-state index contributed by atoms with van der Waals surface area (Å²) in [5.74, 6) is 0.488. The first-order valence-electron chi connectivity index (χ1n) is 10.3. The lowest BCUT2D eigenvalue weighted by Crippen LogP contribution is -2.27. The van der Waals surface area contributed by atoms with E-state index in [1.54, 1.807) is 21.4 Å². The highest BCUT2D eigenvalue weighted by Gasteiger charge is 2.29. The quantitative estimate of drug-likeness (QED) is 0.439. The average Bonchev–Trinajstić information content (AvgIpc) is 3.40. The van der Waals surface area contributed by atoms with Crippen LogP contribution in [0.5, 0.6) is 0 Å². The normalized spacial score (nSPS) is 15.1. The smallest absolute Gasteiger partial charge is 0.265 e. The van der Waals surface area contributed by atoms with Crippen molar-refractivity contribution in [2.45, 2.75) is 31.0 Å². The Bertz CT molecular complexity index is 1360. The van der Waals surface area contributed by atoms with Gasteiger partial charge in [-0.3, -0.25) is 14.2 Å². The fraction of sp³-hybridized carbons (Fsp3) is 0.217. The van der Waals surface area contributed by atoms with Crippen molar-refractivity contribution in [1.29, 1.82) is 0 Å². The summed E-state index contributed by atoms with van der Waals surface area (Å²) in [6.07, 6.45) is 2.68. The number of carbonyl (C=O) groups is 1. The molecule has 4 aromatic rings. The maximum atomic E-state index is 13.2. The van der Waals surface area contributed by atoms with E-state index in [0.717, 1.165) is 17.8 Å². The van der Waals surface area contributed by atoms with Gasteiger partial charge in [0.25, 0.3) is 5.56 Å². The Morgan fingerprint density at radius 3 is 2.66 bits per heavy atom. The van der Waals surface area contributed by atoms with Gasteiger partial charge in [-0.15, -0.1) is 0 Å². The van der Waals surface area contributed by atoms with Crippen molar-refractivity contribution in [1.82, 2.24) is 19.3 Å². The van der Waals surface area contributed by atoms with Gasteiger partial charge in [0.05, 0.1) is 17.9 Å². The summed E-state index contributed by atoms with van der Waals surface area (Å²) >= 11 is 7.46. The van der Waals surface area contributed by atoms with Crippen LogP contribution in [0.4, 0.5) is 5.69 Å². The van der Waals surface area contributed by atoms with Gasteiger partial charge in [-0.1, -0.05) is 42.4 Å². The van der Waals surface area contributed by atoms with E-state index in [4.69, 9.17) is 16.6 Å². The van der Waals surface area contributed by atoms with Crippen LogP contribution < -0.4 is 10.9 Å². The Labute approximate surface area is 193 Å². The first-order valence-corrected chi connectivity index (χ1v) is 11.7. The van der Waals surface area contributed by atoms with Crippen molar-refractivity contribution < 1.29 is 4.79 Å². The number of rotatable bonds is 5. The van der Waals surface area contributed by atoms with Crippen molar-refractivity contribution in [2.24, 2.45) is 0 Å². The van der Waals surface area contributed by atoms with E-state index in [9.17, 15) is 9.59 Å². The second-order valence-corrected chi connectivity index (χ2v) is 9.03. The summed E-state index contributed by atoms with van der Waals surface area (Å²) in [7, 11) is 0. The molecule has 3 heterocycles. The van der Waals surface area contributed by atoms with E-state index in [1.165, 1.54) is 23.5 Å². The van der Waals surface area contributed by atoms with Gasteiger partial charge >= 0.3 is 0 Å². The third-order valence-corrected chi connectivity index (χ3v) is 6.86. The molecule has 7 nitrogen and oxygen atoms in total. The highest BCUT2D eigenvalue weighted by atomic mass is 35.5. The van der Waals surface area contributed by atoms with E-state index >= 15 is 0 Å². The maximum Gasteiger partial charge on any atom is 0.265 e. The largest absolute Gasteiger partial charge is 0.326 e. The highest BCUT2D eigenvalue weighted by Crippen LogP contribution is 2.33. The van der Waals surface area contributed by atoms with Crippen LogP contribution in [0.1, 0.15) is 24.9 Å². The lowest BCUT2D eigenvalue weighted by molar-refractivity contribution is -0.116. The van der Waals surface area contributed by atoms with Gasteiger partial charge in [-0.05, 0) is 48.4 Å². The molecule has 1 atom stereocenters. The Hall–Kier alpha value is -3.10. The molecule has 1 N–H and O–H groups in total. The number of anilines is 1. The number of hydrogen-bond acceptors (Lipinski definition) is 5. The van der Waals surface area contributed by atoms with Gasteiger partial charge in [-0.2, -0.15) is 5.10 Å². The van der Waals surface area contributed by atoms with Gasteiger partial charge in [0, 0.05) is 22.9 Å². The zero-order chi connectivity index (χ0) is 22.2. The third kappa shape index (κ3) is 3.80. The van der Waals surface area contributed by atoms with Crippen LogP contribution in [-0.4, -0.2) is 31.0 Å². The van der Waals surface area contributed by atoms with E-state index in [1.807, 2.05) is 36.4 Å². The number of carbonyl (C=O) groups excluding carboxylic acids is 1. The predicted octanol–water partition coefficient (Wildman–Crippen LogP) is 4.47. The van der Waals surface area contributed by atoms with Gasteiger partial charge in [0.1, 0.15) is 5.39 Å². The van der Waals surface area contributed by atoms with Crippen molar-refractivity contribution >= 4 is 46.0 Å². The summed E-state index contributed by atoms with van der Waals surface area (Å²) in [6, 6.07) is 14.7. The standard InChI is InChI=1S/C23H20ClN5O2S/c1-2-14-3-7-16(8-4-14)26-20(30)11-18-13-32-23-27-21-19(22(31)28(18)23)12-25-29(21)17-9-5-15(24)6-10-17/h3-10,12,18H,2,11,13H2,1H3,(H,26,30). The lowest BCUT2D eigenvalue weighted by Gasteiger charge is -2.13. The van der Waals surface area contributed by atoms with E-state index in [0.29, 0.717) is 27.0 Å². The summed E-state index contributed by atoms with van der Waals surface area (Å²) in [4.78, 5) is 30.6. The Kier molecular flexibility index (Phi) is 5.48. The van der Waals surface area contributed by atoms with Crippen LogP contribution in [0.3, 0.4) is 0 Å². The average molecular weight is 466 g/mol. The number of fused-ring (bicyclic) bond motifs is 2. The number of aryl methyl sites for hydroxylation is 1. The number of hydrogen-bond donors (Lipinski definition) is 1. The van der Waals surface area contributed by atoms with Crippen LogP contribution in [0, 0.1) is 0 Å². The fourth-order valence-electron chi connectivity index (χ4n) is 3.80. The first-order chi connectivity index (χ1) is 15.5. The molecule has 1 aliphatic heterocycles. The van der Waals surface area contributed by atoms with Crippen LogP contribution in [0.15, 0.2) is 64.7 Å². The molecule has 1 amide bonds. The summed E-state index contributed by atoms with van der Waals surface area (Å²) in [5, 5.41) is 8.93. The third-order valence-electron chi connectivity index (χ3n) is 5.51. The number of amides is 1. The first kappa shape index (κ1) is 20.8.